The summed E-state index contributed by atoms with van der Waals surface area (Å²) in [6.07, 6.45) is 0. The molecule has 0 aliphatic heterocycles. The molecule has 2 rings (SSSR count). The molecule has 22 heavy (non-hydrogen) atoms. The molecule has 2 aromatic carbocycles. The standard InChI is InChI=1S/C14H11N3O5/c18-12-7-9(14(20)21)3-6-11(12)16-15-10-4-1-8(2-5-10)13(19)17-22/h1-7,15-16,18H,(H,20,21). The highest BCUT2D eigenvalue weighted by molar-refractivity contribution is 5.95. The first-order valence-electron chi connectivity index (χ1n) is 6.07. The van der Waals surface area contributed by atoms with Gasteiger partial charge in [0.2, 0.25) is 0 Å². The van der Waals surface area contributed by atoms with Crippen LogP contribution in [0.15, 0.2) is 47.6 Å². The number of phenolic OH excluding ortho intramolecular Hbond substituents is 1. The summed E-state index contributed by atoms with van der Waals surface area (Å²) >= 11 is 0. The Morgan fingerprint density at radius 3 is 2.14 bits per heavy atom. The Labute approximate surface area is 124 Å². The Hall–Kier alpha value is -3.42. The van der Waals surface area contributed by atoms with Gasteiger partial charge in [-0.1, -0.05) is 0 Å². The normalized spacial score (nSPS) is 9.82. The Morgan fingerprint density at radius 2 is 1.59 bits per heavy atom. The Balaban J connectivity index is 2.05. The lowest BCUT2D eigenvalue weighted by Crippen LogP contribution is -2.09. The maximum Gasteiger partial charge on any atom is 0.335 e. The van der Waals surface area contributed by atoms with Crippen molar-refractivity contribution in [3.63, 3.8) is 0 Å². The number of rotatable bonds is 5. The number of nitrogens with zero attached hydrogens (tertiary/aromatic N) is 1. The van der Waals surface area contributed by atoms with E-state index >= 15 is 0 Å². The summed E-state index contributed by atoms with van der Waals surface area (Å²) in [6, 6.07) is 9.76. The largest absolute Gasteiger partial charge is 0.506 e. The molecule has 0 unspecified atom stereocenters. The van der Waals surface area contributed by atoms with E-state index in [1.54, 1.807) is 0 Å². The molecule has 0 fully saturated rings. The second kappa shape index (κ2) is 6.35. The van der Waals surface area contributed by atoms with Crippen molar-refractivity contribution in [2.45, 2.75) is 0 Å². The second-order valence-corrected chi connectivity index (χ2v) is 4.26. The molecule has 4 N–H and O–H groups in total. The zero-order chi connectivity index (χ0) is 16.1. The number of nitroso groups, excluding NO2 is 1. The molecule has 0 aromatic heterocycles. The smallest absolute Gasteiger partial charge is 0.335 e. The van der Waals surface area contributed by atoms with Crippen LogP contribution in [-0.4, -0.2) is 22.1 Å². The van der Waals surface area contributed by atoms with Crippen LogP contribution in [0.25, 0.3) is 0 Å². The first-order chi connectivity index (χ1) is 10.5. The highest BCUT2D eigenvalue weighted by Gasteiger charge is 2.08. The van der Waals surface area contributed by atoms with Crippen molar-refractivity contribution in [2.75, 3.05) is 10.9 Å². The number of carbonyl (C=O) groups is 2. The van der Waals surface area contributed by atoms with Gasteiger partial charge in [0, 0.05) is 10.7 Å². The van der Waals surface area contributed by atoms with Crippen LogP contribution in [-0.2, 0) is 0 Å². The van der Waals surface area contributed by atoms with Gasteiger partial charge in [-0.15, -0.1) is 4.91 Å². The van der Waals surface area contributed by atoms with Crippen molar-refractivity contribution >= 4 is 23.3 Å². The molecule has 0 radical (unpaired) electrons. The van der Waals surface area contributed by atoms with E-state index in [0.717, 1.165) is 6.07 Å². The highest BCUT2D eigenvalue weighted by Crippen LogP contribution is 2.24. The van der Waals surface area contributed by atoms with E-state index in [4.69, 9.17) is 5.11 Å². The maximum absolute atomic E-state index is 11.0. The Kier molecular flexibility index (Phi) is 4.33. The monoisotopic (exact) mass is 301 g/mol. The van der Waals surface area contributed by atoms with Gasteiger partial charge < -0.3 is 15.6 Å². The predicted octanol–water partition coefficient (Wildman–Crippen LogP) is 2.44. The number of aromatic carboxylic acids is 1. The number of hydrogen-bond donors (Lipinski definition) is 4. The number of nitrogens with one attached hydrogen (secondary N) is 2. The molecule has 0 saturated heterocycles. The fraction of sp³-hybridized carbons (Fsp3) is 0. The summed E-state index contributed by atoms with van der Waals surface area (Å²) in [6.45, 7) is 0. The molecule has 2 aromatic rings. The summed E-state index contributed by atoms with van der Waals surface area (Å²) in [7, 11) is 0. The number of aromatic hydroxyl groups is 1. The summed E-state index contributed by atoms with van der Waals surface area (Å²) in [5.41, 5.74) is 6.42. The summed E-state index contributed by atoms with van der Waals surface area (Å²) in [5.74, 6) is -2.23. The fourth-order valence-electron chi connectivity index (χ4n) is 1.66. The number of benzene rings is 2. The topological polar surface area (TPSA) is 128 Å². The van der Waals surface area contributed by atoms with Gasteiger partial charge in [0.25, 0.3) is 0 Å². The molecule has 1 amide bonds. The Bertz CT molecular complexity index is 728. The third-order valence-corrected chi connectivity index (χ3v) is 2.80. The van der Waals surface area contributed by atoms with Crippen LogP contribution in [0.5, 0.6) is 5.75 Å². The lowest BCUT2D eigenvalue weighted by molar-refractivity contribution is 0.0696. The minimum atomic E-state index is -1.14. The first kappa shape index (κ1) is 15.0. The van der Waals surface area contributed by atoms with E-state index in [2.05, 4.69) is 16.0 Å². The van der Waals surface area contributed by atoms with Gasteiger partial charge in [0.05, 0.1) is 16.9 Å². The highest BCUT2D eigenvalue weighted by atomic mass is 16.4. The molecular formula is C14H11N3O5. The molecule has 0 atom stereocenters. The van der Waals surface area contributed by atoms with E-state index < -0.39 is 11.9 Å². The minimum absolute atomic E-state index is 0.0349. The first-order valence-corrected chi connectivity index (χ1v) is 6.07. The lowest BCUT2D eigenvalue weighted by atomic mass is 10.2. The van der Waals surface area contributed by atoms with Crippen LogP contribution in [0, 0.1) is 4.91 Å². The van der Waals surface area contributed by atoms with Crippen LogP contribution in [0.3, 0.4) is 0 Å². The number of amides is 1. The molecular weight excluding hydrogens is 290 g/mol. The predicted molar refractivity (Wildman–Crippen MR) is 78.9 cm³/mol. The van der Waals surface area contributed by atoms with E-state index in [-0.39, 0.29) is 22.6 Å². The maximum atomic E-state index is 11.0. The average Bonchev–Trinajstić information content (AvgIpc) is 2.53. The van der Waals surface area contributed by atoms with Gasteiger partial charge >= 0.3 is 11.9 Å². The fourth-order valence-corrected chi connectivity index (χ4v) is 1.66. The molecule has 0 aliphatic rings. The molecule has 8 nitrogen and oxygen atoms in total. The number of hydrazine groups is 1. The van der Waals surface area contributed by atoms with Crippen molar-refractivity contribution in [1.82, 2.24) is 0 Å². The van der Waals surface area contributed by atoms with Gasteiger partial charge in [-0.05, 0) is 42.5 Å². The van der Waals surface area contributed by atoms with Crippen molar-refractivity contribution in [3.05, 3.63) is 58.5 Å². The van der Waals surface area contributed by atoms with Crippen molar-refractivity contribution in [2.24, 2.45) is 5.18 Å². The number of phenols is 1. The van der Waals surface area contributed by atoms with Crippen LogP contribution in [0.4, 0.5) is 11.4 Å². The Morgan fingerprint density at radius 1 is 0.955 bits per heavy atom. The van der Waals surface area contributed by atoms with Crippen LogP contribution < -0.4 is 10.9 Å². The SMILES string of the molecule is O=NC(=O)c1ccc(NNc2ccc(C(=O)O)cc2O)cc1. The van der Waals surface area contributed by atoms with E-state index in [9.17, 15) is 19.6 Å². The van der Waals surface area contributed by atoms with Crippen molar-refractivity contribution in [1.29, 1.82) is 0 Å². The van der Waals surface area contributed by atoms with Crippen molar-refractivity contribution < 1.29 is 19.8 Å². The molecule has 0 heterocycles. The van der Waals surface area contributed by atoms with Gasteiger partial charge in [-0.2, -0.15) is 0 Å². The molecule has 0 aliphatic carbocycles. The van der Waals surface area contributed by atoms with Gasteiger partial charge in [-0.25, -0.2) is 4.79 Å². The minimum Gasteiger partial charge on any atom is -0.506 e. The van der Waals surface area contributed by atoms with Crippen LogP contribution in [0.1, 0.15) is 20.7 Å². The number of hydrogen-bond acceptors (Lipinski definition) is 6. The lowest BCUT2D eigenvalue weighted by Gasteiger charge is -2.11. The third-order valence-electron chi connectivity index (χ3n) is 2.80. The summed E-state index contributed by atoms with van der Waals surface area (Å²) < 4.78 is 0. The van der Waals surface area contributed by atoms with Crippen LogP contribution >= 0.6 is 0 Å². The number of carbonyl (C=O) groups excluding carboxylic acids is 1. The molecule has 8 heteroatoms. The van der Waals surface area contributed by atoms with Crippen LogP contribution in [0.2, 0.25) is 0 Å². The average molecular weight is 301 g/mol. The number of carboxylic acids is 1. The molecule has 0 spiro atoms. The molecule has 112 valence electrons. The van der Waals surface area contributed by atoms with E-state index in [0.29, 0.717) is 5.69 Å². The molecule has 0 saturated carbocycles. The number of anilines is 2. The third kappa shape index (κ3) is 3.37. The van der Waals surface area contributed by atoms with E-state index in [1.165, 1.54) is 36.4 Å². The summed E-state index contributed by atoms with van der Waals surface area (Å²) in [5, 5.41) is 20.8. The quantitative estimate of drug-likeness (QED) is 0.379. The zero-order valence-electron chi connectivity index (χ0n) is 11.1. The zero-order valence-corrected chi connectivity index (χ0v) is 11.1. The second-order valence-electron chi connectivity index (χ2n) is 4.26. The van der Waals surface area contributed by atoms with Crippen molar-refractivity contribution in [3.8, 4) is 5.75 Å². The number of carboxylic acid groups (broad SMARTS) is 1. The summed E-state index contributed by atoms with van der Waals surface area (Å²) in [4.78, 5) is 31.9. The molecule has 0 bridgehead atoms. The van der Waals surface area contributed by atoms with Gasteiger partial charge in [-0.3, -0.25) is 10.2 Å². The van der Waals surface area contributed by atoms with Gasteiger partial charge in [0.1, 0.15) is 5.75 Å². The van der Waals surface area contributed by atoms with E-state index in [1.807, 2.05) is 0 Å². The van der Waals surface area contributed by atoms with Gasteiger partial charge in [0.15, 0.2) is 0 Å².